The summed E-state index contributed by atoms with van der Waals surface area (Å²) in [5.74, 6) is -0.0559. The van der Waals surface area contributed by atoms with Crippen molar-refractivity contribution >= 4 is 11.6 Å². The maximum atomic E-state index is 12.4. The van der Waals surface area contributed by atoms with Crippen LogP contribution >= 0.6 is 0 Å². The number of amides is 1. The second-order valence-electron chi connectivity index (χ2n) is 6.84. The van der Waals surface area contributed by atoms with Crippen molar-refractivity contribution in [3.63, 3.8) is 0 Å². The molecule has 0 bridgehead atoms. The van der Waals surface area contributed by atoms with Crippen LogP contribution in [0.5, 0.6) is 0 Å². The molecule has 1 unspecified atom stereocenters. The van der Waals surface area contributed by atoms with E-state index in [0.29, 0.717) is 12.2 Å². The third-order valence-corrected chi connectivity index (χ3v) is 4.35. The van der Waals surface area contributed by atoms with Gasteiger partial charge in [-0.05, 0) is 44.0 Å². The molecule has 9 heteroatoms. The number of carbonyl (C=O) groups is 1. The van der Waals surface area contributed by atoms with E-state index in [1.54, 1.807) is 24.4 Å². The number of nitrogens with one attached hydrogen (secondary N) is 1. The first-order chi connectivity index (χ1) is 13.3. The van der Waals surface area contributed by atoms with Gasteiger partial charge in [-0.1, -0.05) is 6.92 Å². The van der Waals surface area contributed by atoms with E-state index in [1.807, 2.05) is 31.5 Å². The minimum atomic E-state index is -0.459. The molecule has 3 rings (SSSR count). The number of nitrogens with zero attached hydrogens (tertiary/aromatic N) is 5. The van der Waals surface area contributed by atoms with Gasteiger partial charge in [-0.15, -0.1) is 0 Å². The van der Waals surface area contributed by atoms with Crippen LogP contribution in [0.1, 0.15) is 28.8 Å². The molecule has 2 aromatic heterocycles. The normalized spacial score (nSPS) is 12.0. The molecule has 0 aliphatic rings. The van der Waals surface area contributed by atoms with Gasteiger partial charge in [0.25, 0.3) is 11.6 Å². The summed E-state index contributed by atoms with van der Waals surface area (Å²) < 4.78 is 3.45. The molecule has 0 aliphatic carbocycles. The Balaban J connectivity index is 1.58. The standard InChI is InChI=1S/C19H22N6O3/c1-13(12-24-15(3)10-14(2)21-24)11-20-19(26)18-8-9-23(22-18)16-4-6-17(7-5-16)25(27)28/h4-10,13H,11-12H2,1-3H3,(H,20,26). The lowest BCUT2D eigenvalue weighted by molar-refractivity contribution is -0.384. The maximum absolute atomic E-state index is 12.4. The zero-order valence-electron chi connectivity index (χ0n) is 16.0. The van der Waals surface area contributed by atoms with Gasteiger partial charge in [0, 0.05) is 37.1 Å². The Hall–Kier alpha value is -3.49. The van der Waals surface area contributed by atoms with Crippen molar-refractivity contribution in [1.29, 1.82) is 0 Å². The van der Waals surface area contributed by atoms with Crippen LogP contribution in [0.3, 0.4) is 0 Å². The Morgan fingerprint density at radius 1 is 1.21 bits per heavy atom. The lowest BCUT2D eigenvalue weighted by Crippen LogP contribution is -2.30. The fraction of sp³-hybridized carbons (Fsp3) is 0.316. The van der Waals surface area contributed by atoms with E-state index in [-0.39, 0.29) is 23.2 Å². The number of aryl methyl sites for hydroxylation is 2. The van der Waals surface area contributed by atoms with Crippen LogP contribution in [0, 0.1) is 29.9 Å². The average Bonchev–Trinajstić information content (AvgIpc) is 3.27. The molecule has 1 aromatic carbocycles. The lowest BCUT2D eigenvalue weighted by Gasteiger charge is -2.13. The molecule has 1 atom stereocenters. The Kier molecular flexibility index (Phi) is 5.53. The second-order valence-corrected chi connectivity index (χ2v) is 6.84. The zero-order chi connectivity index (χ0) is 20.3. The Morgan fingerprint density at radius 3 is 2.54 bits per heavy atom. The molecule has 9 nitrogen and oxygen atoms in total. The van der Waals surface area contributed by atoms with Crippen molar-refractivity contribution in [2.75, 3.05) is 6.54 Å². The highest BCUT2D eigenvalue weighted by molar-refractivity contribution is 5.92. The molecule has 146 valence electrons. The molecule has 0 radical (unpaired) electrons. The van der Waals surface area contributed by atoms with Crippen LogP contribution < -0.4 is 5.32 Å². The first-order valence-corrected chi connectivity index (χ1v) is 8.93. The van der Waals surface area contributed by atoms with Crippen LogP contribution in [-0.4, -0.2) is 36.9 Å². The van der Waals surface area contributed by atoms with Gasteiger partial charge >= 0.3 is 0 Å². The van der Waals surface area contributed by atoms with Crippen molar-refractivity contribution in [2.45, 2.75) is 27.3 Å². The number of rotatable bonds is 7. The highest BCUT2D eigenvalue weighted by Gasteiger charge is 2.13. The van der Waals surface area contributed by atoms with Gasteiger partial charge in [0.2, 0.25) is 0 Å². The molecule has 28 heavy (non-hydrogen) atoms. The second kappa shape index (κ2) is 8.03. The van der Waals surface area contributed by atoms with E-state index in [9.17, 15) is 14.9 Å². The lowest BCUT2D eigenvalue weighted by atomic mass is 10.2. The predicted molar refractivity (Wildman–Crippen MR) is 103 cm³/mol. The number of nitro benzene ring substituents is 1. The van der Waals surface area contributed by atoms with Crippen LogP contribution in [0.4, 0.5) is 5.69 Å². The molecular weight excluding hydrogens is 360 g/mol. The van der Waals surface area contributed by atoms with Crippen LogP contribution in [0.25, 0.3) is 5.69 Å². The monoisotopic (exact) mass is 382 g/mol. The SMILES string of the molecule is Cc1cc(C)n(CC(C)CNC(=O)c2ccn(-c3ccc([N+](=O)[O-])cc3)n2)n1. The molecule has 0 fully saturated rings. The number of carbonyl (C=O) groups excluding carboxylic acids is 1. The molecule has 0 spiro atoms. The van der Waals surface area contributed by atoms with Gasteiger partial charge in [-0.25, -0.2) is 4.68 Å². The smallest absolute Gasteiger partial charge is 0.271 e. The summed E-state index contributed by atoms with van der Waals surface area (Å²) in [4.78, 5) is 22.6. The molecule has 1 amide bonds. The summed E-state index contributed by atoms with van der Waals surface area (Å²) in [5, 5.41) is 22.3. The summed E-state index contributed by atoms with van der Waals surface area (Å²) in [6.45, 7) is 7.23. The minimum Gasteiger partial charge on any atom is -0.350 e. The van der Waals surface area contributed by atoms with Gasteiger partial charge in [0.15, 0.2) is 5.69 Å². The van der Waals surface area contributed by atoms with Crippen LogP contribution in [0.15, 0.2) is 42.6 Å². The molecule has 0 aliphatic heterocycles. The Labute approximate surface area is 162 Å². The number of hydrogen-bond acceptors (Lipinski definition) is 5. The van der Waals surface area contributed by atoms with Crippen molar-refractivity contribution in [2.24, 2.45) is 5.92 Å². The number of non-ortho nitro benzene ring substituents is 1. The van der Waals surface area contributed by atoms with Gasteiger partial charge in [-0.2, -0.15) is 10.2 Å². The maximum Gasteiger partial charge on any atom is 0.271 e. The fourth-order valence-corrected chi connectivity index (χ4v) is 2.89. The molecule has 0 saturated carbocycles. The van der Waals surface area contributed by atoms with E-state index in [4.69, 9.17) is 0 Å². The van der Waals surface area contributed by atoms with Gasteiger partial charge in [0.05, 0.1) is 16.3 Å². The highest BCUT2D eigenvalue weighted by atomic mass is 16.6. The predicted octanol–water partition coefficient (Wildman–Crippen LogP) is 2.66. The highest BCUT2D eigenvalue weighted by Crippen LogP contribution is 2.15. The average molecular weight is 382 g/mol. The van der Waals surface area contributed by atoms with Crippen LogP contribution in [-0.2, 0) is 6.54 Å². The number of benzene rings is 1. The number of nitro groups is 1. The van der Waals surface area contributed by atoms with Crippen molar-refractivity contribution < 1.29 is 9.72 Å². The Morgan fingerprint density at radius 2 is 1.93 bits per heavy atom. The first-order valence-electron chi connectivity index (χ1n) is 8.93. The third-order valence-electron chi connectivity index (χ3n) is 4.35. The van der Waals surface area contributed by atoms with E-state index in [1.165, 1.54) is 16.8 Å². The molecule has 3 aromatic rings. The molecule has 0 saturated heterocycles. The van der Waals surface area contributed by atoms with E-state index in [2.05, 4.69) is 15.5 Å². The largest absolute Gasteiger partial charge is 0.350 e. The van der Waals surface area contributed by atoms with Gasteiger partial charge < -0.3 is 5.32 Å². The summed E-state index contributed by atoms with van der Waals surface area (Å²) in [6.07, 6.45) is 1.65. The topological polar surface area (TPSA) is 108 Å². The van der Waals surface area contributed by atoms with Gasteiger partial charge in [-0.3, -0.25) is 19.6 Å². The summed E-state index contributed by atoms with van der Waals surface area (Å²) in [5.41, 5.74) is 3.01. The zero-order valence-corrected chi connectivity index (χ0v) is 16.0. The van der Waals surface area contributed by atoms with E-state index < -0.39 is 4.92 Å². The van der Waals surface area contributed by atoms with E-state index >= 15 is 0 Å². The quantitative estimate of drug-likeness (QED) is 0.499. The molecular formula is C19H22N6O3. The number of aromatic nitrogens is 4. The fourth-order valence-electron chi connectivity index (χ4n) is 2.89. The molecule has 1 N–H and O–H groups in total. The summed E-state index contributed by atoms with van der Waals surface area (Å²) in [6, 6.07) is 9.61. The minimum absolute atomic E-state index is 0.00507. The van der Waals surface area contributed by atoms with Crippen molar-refractivity contribution in [1.82, 2.24) is 24.9 Å². The van der Waals surface area contributed by atoms with Crippen molar-refractivity contribution in [3.8, 4) is 5.69 Å². The van der Waals surface area contributed by atoms with Crippen LogP contribution in [0.2, 0.25) is 0 Å². The number of hydrogen-bond donors (Lipinski definition) is 1. The van der Waals surface area contributed by atoms with E-state index in [0.717, 1.165) is 17.9 Å². The van der Waals surface area contributed by atoms with Crippen molar-refractivity contribution in [3.05, 3.63) is 69.8 Å². The molecule has 2 heterocycles. The first kappa shape index (κ1) is 19.3. The summed E-state index contributed by atoms with van der Waals surface area (Å²) in [7, 11) is 0. The third kappa shape index (κ3) is 4.43. The van der Waals surface area contributed by atoms with Gasteiger partial charge in [0.1, 0.15) is 0 Å². The Bertz CT molecular complexity index is 990. The summed E-state index contributed by atoms with van der Waals surface area (Å²) >= 11 is 0.